The van der Waals surface area contributed by atoms with Gasteiger partial charge >= 0.3 is 0 Å². The van der Waals surface area contributed by atoms with E-state index >= 15 is 0 Å². The molecule has 3 rings (SSSR count). The molecule has 33 heavy (non-hydrogen) atoms. The van der Waals surface area contributed by atoms with Crippen molar-refractivity contribution in [3.63, 3.8) is 0 Å². The number of ether oxygens (including phenoxy) is 1. The molecule has 0 aliphatic heterocycles. The SMILES string of the molecule is CCN(Nc1ccc(OC)cc1)C(=O)C(CC1CCCCC1)NC(=O)c1cc(C)ccc1Cl. The summed E-state index contributed by atoms with van der Waals surface area (Å²) >= 11 is 6.29. The first kappa shape index (κ1) is 24.9. The number of carbonyl (C=O) groups excluding carboxylic acids is 2. The van der Waals surface area contributed by atoms with Crippen molar-refractivity contribution in [3.8, 4) is 5.75 Å². The number of methoxy groups -OCH3 is 1. The highest BCUT2D eigenvalue weighted by Gasteiger charge is 2.30. The molecule has 0 aromatic heterocycles. The summed E-state index contributed by atoms with van der Waals surface area (Å²) in [6.45, 7) is 4.27. The van der Waals surface area contributed by atoms with Crippen LogP contribution in [0.25, 0.3) is 0 Å². The highest BCUT2D eigenvalue weighted by Crippen LogP contribution is 2.28. The lowest BCUT2D eigenvalue weighted by Crippen LogP contribution is -2.51. The van der Waals surface area contributed by atoms with E-state index in [0.29, 0.717) is 29.5 Å². The first-order chi connectivity index (χ1) is 15.9. The number of halogens is 1. The van der Waals surface area contributed by atoms with E-state index in [1.54, 1.807) is 24.3 Å². The summed E-state index contributed by atoms with van der Waals surface area (Å²) in [5.74, 6) is 0.683. The minimum absolute atomic E-state index is 0.156. The van der Waals surface area contributed by atoms with E-state index < -0.39 is 6.04 Å². The van der Waals surface area contributed by atoms with Crippen LogP contribution < -0.4 is 15.5 Å². The molecule has 1 atom stereocenters. The van der Waals surface area contributed by atoms with Crippen molar-refractivity contribution >= 4 is 29.1 Å². The number of hydrogen-bond acceptors (Lipinski definition) is 4. The first-order valence-electron chi connectivity index (χ1n) is 11.7. The summed E-state index contributed by atoms with van der Waals surface area (Å²) in [6.07, 6.45) is 6.37. The number of hydrazine groups is 1. The van der Waals surface area contributed by atoms with Crippen LogP contribution in [0.4, 0.5) is 5.69 Å². The molecule has 0 saturated heterocycles. The summed E-state index contributed by atoms with van der Waals surface area (Å²) in [4.78, 5) is 26.7. The maximum atomic E-state index is 13.6. The maximum absolute atomic E-state index is 13.6. The van der Waals surface area contributed by atoms with Gasteiger partial charge in [-0.05, 0) is 62.6 Å². The summed E-state index contributed by atoms with van der Waals surface area (Å²) in [5.41, 5.74) is 5.29. The molecule has 0 spiro atoms. The Kier molecular flexibility index (Phi) is 9.01. The fourth-order valence-electron chi connectivity index (χ4n) is 4.33. The summed E-state index contributed by atoms with van der Waals surface area (Å²) < 4.78 is 5.21. The number of nitrogens with zero attached hydrogens (tertiary/aromatic N) is 1. The molecule has 2 N–H and O–H groups in total. The Morgan fingerprint density at radius 2 is 1.82 bits per heavy atom. The van der Waals surface area contributed by atoms with E-state index in [1.165, 1.54) is 19.3 Å². The zero-order valence-corrected chi connectivity index (χ0v) is 20.5. The van der Waals surface area contributed by atoms with Gasteiger partial charge in [-0.25, -0.2) is 0 Å². The molecule has 1 unspecified atom stereocenters. The third-order valence-corrected chi connectivity index (χ3v) is 6.53. The van der Waals surface area contributed by atoms with Gasteiger partial charge < -0.3 is 10.1 Å². The zero-order chi connectivity index (χ0) is 23.8. The molecular weight excluding hydrogens is 438 g/mol. The molecule has 6 nitrogen and oxygen atoms in total. The number of likely N-dealkylation sites (N-methyl/N-ethyl adjacent to an activating group) is 1. The lowest BCUT2D eigenvalue weighted by molar-refractivity contribution is -0.132. The molecular formula is C26H34ClN3O3. The van der Waals surface area contributed by atoms with E-state index in [4.69, 9.17) is 16.3 Å². The number of carbonyl (C=O) groups is 2. The Morgan fingerprint density at radius 1 is 1.12 bits per heavy atom. The smallest absolute Gasteiger partial charge is 0.263 e. The molecule has 7 heteroatoms. The van der Waals surface area contributed by atoms with E-state index in [-0.39, 0.29) is 11.8 Å². The third kappa shape index (κ3) is 6.87. The predicted octanol–water partition coefficient (Wildman–Crippen LogP) is 5.60. The van der Waals surface area contributed by atoms with Gasteiger partial charge in [-0.2, -0.15) is 0 Å². The molecule has 178 valence electrons. The highest BCUT2D eigenvalue weighted by atomic mass is 35.5. The van der Waals surface area contributed by atoms with Crippen LogP contribution in [0.3, 0.4) is 0 Å². The molecule has 0 bridgehead atoms. The third-order valence-electron chi connectivity index (χ3n) is 6.20. The van der Waals surface area contributed by atoms with Gasteiger partial charge in [-0.15, -0.1) is 0 Å². The maximum Gasteiger partial charge on any atom is 0.263 e. The summed E-state index contributed by atoms with van der Waals surface area (Å²) in [5, 5.41) is 4.94. The number of amides is 2. The van der Waals surface area contributed by atoms with Gasteiger partial charge in [0.15, 0.2) is 0 Å². The Bertz CT molecular complexity index is 942. The van der Waals surface area contributed by atoms with E-state index in [0.717, 1.165) is 29.8 Å². The van der Waals surface area contributed by atoms with Crippen LogP contribution in [0.2, 0.25) is 5.02 Å². The van der Waals surface area contributed by atoms with Crippen LogP contribution in [-0.4, -0.2) is 36.5 Å². The molecule has 2 aromatic rings. The second-order valence-corrected chi connectivity index (χ2v) is 9.08. The van der Waals surface area contributed by atoms with Crippen molar-refractivity contribution < 1.29 is 14.3 Å². The van der Waals surface area contributed by atoms with Gasteiger partial charge in [0.2, 0.25) is 0 Å². The number of aryl methyl sites for hydroxylation is 1. The molecule has 2 aromatic carbocycles. The van der Waals surface area contributed by atoms with Crippen molar-refractivity contribution in [2.75, 3.05) is 19.1 Å². The Morgan fingerprint density at radius 3 is 2.45 bits per heavy atom. The molecule has 1 aliphatic carbocycles. The second kappa shape index (κ2) is 11.9. The first-order valence-corrected chi connectivity index (χ1v) is 12.1. The molecule has 2 amide bonds. The zero-order valence-electron chi connectivity index (χ0n) is 19.7. The molecule has 0 heterocycles. The molecule has 1 fully saturated rings. The van der Waals surface area contributed by atoms with E-state index in [2.05, 4.69) is 10.7 Å². The van der Waals surface area contributed by atoms with Crippen LogP contribution in [-0.2, 0) is 4.79 Å². The Hall–Kier alpha value is -2.73. The van der Waals surface area contributed by atoms with Crippen LogP contribution in [0.1, 0.15) is 61.4 Å². The monoisotopic (exact) mass is 471 g/mol. The van der Waals surface area contributed by atoms with Gasteiger partial charge in [0.05, 0.1) is 23.4 Å². The highest BCUT2D eigenvalue weighted by molar-refractivity contribution is 6.33. The van der Waals surface area contributed by atoms with Gasteiger partial charge in [0.1, 0.15) is 11.8 Å². The van der Waals surface area contributed by atoms with E-state index in [9.17, 15) is 9.59 Å². The second-order valence-electron chi connectivity index (χ2n) is 8.67. The average Bonchev–Trinajstić information content (AvgIpc) is 2.84. The summed E-state index contributed by atoms with van der Waals surface area (Å²) in [7, 11) is 1.61. The number of anilines is 1. The van der Waals surface area contributed by atoms with Crippen molar-refractivity contribution in [1.29, 1.82) is 0 Å². The fraction of sp³-hybridized carbons (Fsp3) is 0.462. The van der Waals surface area contributed by atoms with Crippen molar-refractivity contribution in [2.45, 2.75) is 58.4 Å². The van der Waals surface area contributed by atoms with Crippen LogP contribution >= 0.6 is 11.6 Å². The quantitative estimate of drug-likeness (QED) is 0.467. The van der Waals surface area contributed by atoms with Crippen molar-refractivity contribution in [3.05, 3.63) is 58.6 Å². The average molecular weight is 472 g/mol. The minimum atomic E-state index is -0.636. The predicted molar refractivity (Wildman–Crippen MR) is 133 cm³/mol. The van der Waals surface area contributed by atoms with E-state index in [1.807, 2.05) is 44.2 Å². The molecule has 1 saturated carbocycles. The van der Waals surface area contributed by atoms with Gasteiger partial charge in [-0.3, -0.25) is 20.0 Å². The normalized spacial score (nSPS) is 14.9. The Labute approximate surface area is 201 Å². The van der Waals surface area contributed by atoms with Crippen molar-refractivity contribution in [2.24, 2.45) is 5.92 Å². The van der Waals surface area contributed by atoms with Crippen molar-refractivity contribution in [1.82, 2.24) is 10.3 Å². The number of rotatable bonds is 9. The number of nitrogens with one attached hydrogen (secondary N) is 2. The van der Waals surface area contributed by atoms with Gasteiger partial charge in [0.25, 0.3) is 11.8 Å². The number of hydrogen-bond donors (Lipinski definition) is 2. The van der Waals surface area contributed by atoms with Crippen LogP contribution in [0.5, 0.6) is 5.75 Å². The topological polar surface area (TPSA) is 70.7 Å². The Balaban J connectivity index is 1.78. The summed E-state index contributed by atoms with van der Waals surface area (Å²) in [6, 6.07) is 12.1. The fourth-order valence-corrected chi connectivity index (χ4v) is 4.53. The standard InChI is InChI=1S/C26H34ClN3O3/c1-4-30(29-20-11-13-21(33-3)14-12-20)26(32)24(17-19-8-6-5-7-9-19)28-25(31)22-16-18(2)10-15-23(22)27/h10-16,19,24,29H,4-9,17H2,1-3H3,(H,28,31). The lowest BCUT2D eigenvalue weighted by atomic mass is 9.84. The van der Waals surface area contributed by atoms with Gasteiger partial charge in [-0.1, -0.05) is 55.3 Å². The minimum Gasteiger partial charge on any atom is -0.497 e. The molecule has 1 aliphatic rings. The van der Waals surface area contributed by atoms with Gasteiger partial charge in [0, 0.05) is 6.54 Å². The van der Waals surface area contributed by atoms with Crippen LogP contribution in [0, 0.1) is 12.8 Å². The van der Waals surface area contributed by atoms with Crippen LogP contribution in [0.15, 0.2) is 42.5 Å². The lowest BCUT2D eigenvalue weighted by Gasteiger charge is -2.31. The number of benzene rings is 2. The largest absolute Gasteiger partial charge is 0.497 e. The molecule has 0 radical (unpaired) electrons.